The summed E-state index contributed by atoms with van der Waals surface area (Å²) in [5.41, 5.74) is 0.261. The van der Waals surface area contributed by atoms with Crippen molar-refractivity contribution in [3.63, 3.8) is 0 Å². The minimum atomic E-state index is -0.933. The summed E-state index contributed by atoms with van der Waals surface area (Å²) in [6.45, 7) is 2.23. The maximum atomic E-state index is 10.7. The lowest BCUT2D eigenvalue weighted by Gasteiger charge is -2.06. The van der Waals surface area contributed by atoms with Crippen LogP contribution in [0.1, 0.15) is 49.4 Å². The van der Waals surface area contributed by atoms with E-state index in [1.165, 1.54) is 12.1 Å². The molecule has 4 heteroatoms. The standard InChI is InChI=1S/C15H20O4/c1-12(16)6-4-2-3-5-11-19-14-9-7-13(8-10-14)15(17)18/h7-10H,2-6,11H2,1H3,(H,17,18). The van der Waals surface area contributed by atoms with E-state index in [1.54, 1.807) is 19.1 Å². The zero-order chi connectivity index (χ0) is 14.1. The zero-order valence-corrected chi connectivity index (χ0v) is 11.2. The summed E-state index contributed by atoms with van der Waals surface area (Å²) in [5, 5.41) is 8.75. The third kappa shape index (κ3) is 6.60. The molecule has 1 rings (SSSR count). The SMILES string of the molecule is CC(=O)CCCCCCOc1ccc(C(=O)O)cc1. The quantitative estimate of drug-likeness (QED) is 0.695. The van der Waals surface area contributed by atoms with Crippen molar-refractivity contribution in [1.29, 1.82) is 0 Å². The Morgan fingerprint density at radius 2 is 1.68 bits per heavy atom. The first-order chi connectivity index (χ1) is 9.09. The van der Waals surface area contributed by atoms with Gasteiger partial charge in [0.05, 0.1) is 12.2 Å². The molecular formula is C15H20O4. The largest absolute Gasteiger partial charge is 0.494 e. The van der Waals surface area contributed by atoms with Gasteiger partial charge in [0, 0.05) is 6.42 Å². The summed E-state index contributed by atoms with van der Waals surface area (Å²) in [7, 11) is 0. The summed E-state index contributed by atoms with van der Waals surface area (Å²) < 4.78 is 5.51. The van der Waals surface area contributed by atoms with Crippen LogP contribution in [0.3, 0.4) is 0 Å². The van der Waals surface area contributed by atoms with Crippen molar-refractivity contribution in [2.45, 2.75) is 39.0 Å². The van der Waals surface area contributed by atoms with Crippen LogP contribution in [-0.4, -0.2) is 23.5 Å². The Hall–Kier alpha value is -1.84. The number of Topliss-reactive ketones (excluding diaryl/α,β-unsaturated/α-hetero) is 1. The molecule has 1 aromatic carbocycles. The van der Waals surface area contributed by atoms with Gasteiger partial charge in [0.1, 0.15) is 11.5 Å². The van der Waals surface area contributed by atoms with E-state index >= 15 is 0 Å². The van der Waals surface area contributed by atoms with Crippen LogP contribution in [0.15, 0.2) is 24.3 Å². The average Bonchev–Trinajstić information content (AvgIpc) is 2.38. The molecule has 4 nitrogen and oxygen atoms in total. The van der Waals surface area contributed by atoms with E-state index in [0.29, 0.717) is 18.8 Å². The van der Waals surface area contributed by atoms with Crippen molar-refractivity contribution in [2.75, 3.05) is 6.61 Å². The van der Waals surface area contributed by atoms with Crippen LogP contribution in [0.25, 0.3) is 0 Å². The van der Waals surface area contributed by atoms with Crippen LogP contribution in [0.4, 0.5) is 0 Å². The van der Waals surface area contributed by atoms with Gasteiger partial charge in [-0.15, -0.1) is 0 Å². The van der Waals surface area contributed by atoms with Gasteiger partial charge in [0.25, 0.3) is 0 Å². The van der Waals surface area contributed by atoms with E-state index < -0.39 is 5.97 Å². The van der Waals surface area contributed by atoms with Crippen LogP contribution in [-0.2, 0) is 4.79 Å². The molecule has 0 aliphatic carbocycles. The number of carbonyl (C=O) groups excluding carboxylic acids is 1. The topological polar surface area (TPSA) is 63.6 Å². The molecule has 0 saturated heterocycles. The van der Waals surface area contributed by atoms with E-state index in [-0.39, 0.29) is 11.3 Å². The number of hydrogen-bond acceptors (Lipinski definition) is 3. The second kappa shape index (κ2) is 8.29. The number of ketones is 1. The van der Waals surface area contributed by atoms with E-state index in [4.69, 9.17) is 9.84 Å². The summed E-state index contributed by atoms with van der Waals surface area (Å²) in [5.74, 6) is 0.000488. The van der Waals surface area contributed by atoms with Crippen molar-refractivity contribution in [3.8, 4) is 5.75 Å². The molecule has 1 aromatic rings. The van der Waals surface area contributed by atoms with Gasteiger partial charge in [-0.2, -0.15) is 0 Å². The minimum absolute atomic E-state index is 0.245. The molecule has 0 atom stereocenters. The van der Waals surface area contributed by atoms with Crippen LogP contribution in [0.2, 0.25) is 0 Å². The Labute approximate surface area is 113 Å². The van der Waals surface area contributed by atoms with Gasteiger partial charge in [-0.25, -0.2) is 4.79 Å². The Kier molecular flexibility index (Phi) is 6.64. The van der Waals surface area contributed by atoms with E-state index in [0.717, 1.165) is 25.7 Å². The molecule has 0 aliphatic rings. The van der Waals surface area contributed by atoms with Gasteiger partial charge in [-0.3, -0.25) is 0 Å². The first kappa shape index (κ1) is 15.2. The van der Waals surface area contributed by atoms with Gasteiger partial charge in [0.15, 0.2) is 0 Å². The van der Waals surface area contributed by atoms with Gasteiger partial charge in [0.2, 0.25) is 0 Å². The Bertz CT molecular complexity index is 409. The highest BCUT2D eigenvalue weighted by Gasteiger charge is 2.01. The van der Waals surface area contributed by atoms with Crippen molar-refractivity contribution in [1.82, 2.24) is 0 Å². The molecule has 104 valence electrons. The lowest BCUT2D eigenvalue weighted by Crippen LogP contribution is -1.99. The number of unbranched alkanes of at least 4 members (excludes halogenated alkanes) is 3. The molecule has 0 amide bonds. The predicted octanol–water partition coefficient (Wildman–Crippen LogP) is 3.30. The molecule has 0 fully saturated rings. The van der Waals surface area contributed by atoms with Gasteiger partial charge in [-0.1, -0.05) is 12.8 Å². The molecule has 0 spiro atoms. The van der Waals surface area contributed by atoms with E-state index in [9.17, 15) is 9.59 Å². The maximum Gasteiger partial charge on any atom is 0.335 e. The third-order valence-electron chi connectivity index (χ3n) is 2.79. The first-order valence-corrected chi connectivity index (χ1v) is 6.55. The van der Waals surface area contributed by atoms with Crippen molar-refractivity contribution in [2.24, 2.45) is 0 Å². The molecule has 0 bridgehead atoms. The molecule has 0 aliphatic heterocycles. The lowest BCUT2D eigenvalue weighted by molar-refractivity contribution is -0.117. The predicted molar refractivity (Wildman–Crippen MR) is 72.7 cm³/mol. The lowest BCUT2D eigenvalue weighted by atomic mass is 10.1. The Balaban J connectivity index is 2.12. The van der Waals surface area contributed by atoms with Crippen LogP contribution in [0, 0.1) is 0 Å². The highest BCUT2D eigenvalue weighted by atomic mass is 16.5. The molecule has 0 aromatic heterocycles. The Morgan fingerprint density at radius 1 is 1.05 bits per heavy atom. The number of carbonyl (C=O) groups is 2. The number of carboxylic acid groups (broad SMARTS) is 1. The van der Waals surface area contributed by atoms with E-state index in [2.05, 4.69) is 0 Å². The van der Waals surface area contributed by atoms with Gasteiger partial charge >= 0.3 is 5.97 Å². The van der Waals surface area contributed by atoms with Crippen molar-refractivity contribution < 1.29 is 19.4 Å². The molecule has 1 N–H and O–H groups in total. The molecule has 0 unspecified atom stereocenters. The molecule has 0 heterocycles. The van der Waals surface area contributed by atoms with Crippen LogP contribution >= 0.6 is 0 Å². The fourth-order valence-corrected chi connectivity index (χ4v) is 1.71. The summed E-state index contributed by atoms with van der Waals surface area (Å²) in [6.07, 6.45) is 4.64. The van der Waals surface area contributed by atoms with Crippen LogP contribution < -0.4 is 4.74 Å². The number of benzene rings is 1. The second-order valence-electron chi connectivity index (χ2n) is 4.54. The third-order valence-corrected chi connectivity index (χ3v) is 2.79. The summed E-state index contributed by atoms with van der Waals surface area (Å²) in [6, 6.07) is 6.40. The molecule has 19 heavy (non-hydrogen) atoms. The first-order valence-electron chi connectivity index (χ1n) is 6.55. The number of carboxylic acids is 1. The zero-order valence-electron chi connectivity index (χ0n) is 11.2. The number of hydrogen-bond donors (Lipinski definition) is 1. The van der Waals surface area contributed by atoms with Crippen molar-refractivity contribution >= 4 is 11.8 Å². The highest BCUT2D eigenvalue weighted by Crippen LogP contribution is 2.13. The number of rotatable bonds is 9. The maximum absolute atomic E-state index is 10.7. The summed E-state index contributed by atoms with van der Waals surface area (Å²) >= 11 is 0. The second-order valence-corrected chi connectivity index (χ2v) is 4.54. The van der Waals surface area contributed by atoms with E-state index in [1.807, 2.05) is 0 Å². The highest BCUT2D eigenvalue weighted by molar-refractivity contribution is 5.87. The fraction of sp³-hybridized carbons (Fsp3) is 0.467. The molecule has 0 radical (unpaired) electrons. The fourth-order valence-electron chi connectivity index (χ4n) is 1.71. The Morgan fingerprint density at radius 3 is 2.26 bits per heavy atom. The number of aromatic carboxylic acids is 1. The molecular weight excluding hydrogens is 244 g/mol. The monoisotopic (exact) mass is 264 g/mol. The van der Waals surface area contributed by atoms with Gasteiger partial charge < -0.3 is 14.6 Å². The smallest absolute Gasteiger partial charge is 0.335 e. The van der Waals surface area contributed by atoms with Gasteiger partial charge in [-0.05, 0) is 44.0 Å². The van der Waals surface area contributed by atoms with Crippen LogP contribution in [0.5, 0.6) is 5.75 Å². The average molecular weight is 264 g/mol. The minimum Gasteiger partial charge on any atom is -0.494 e. The van der Waals surface area contributed by atoms with Crippen molar-refractivity contribution in [3.05, 3.63) is 29.8 Å². The molecule has 0 saturated carbocycles. The number of ether oxygens (including phenoxy) is 1. The normalized spacial score (nSPS) is 10.2. The summed E-state index contributed by atoms with van der Waals surface area (Å²) in [4.78, 5) is 21.4.